The Hall–Kier alpha value is -6.12. The Morgan fingerprint density at radius 1 is 0.261 bits per heavy atom. The molecule has 8 aromatic carbocycles. The zero-order chi connectivity index (χ0) is 30.2. The molecule has 2 heterocycles. The van der Waals surface area contributed by atoms with Gasteiger partial charge in [0.15, 0.2) is 0 Å². The minimum atomic E-state index is 0.864. The Morgan fingerprint density at radius 3 is 1.02 bits per heavy atom. The summed E-state index contributed by atoms with van der Waals surface area (Å²) in [6, 6.07) is 55.9. The van der Waals surface area contributed by atoms with Gasteiger partial charge in [-0.1, -0.05) is 121 Å². The summed E-state index contributed by atoms with van der Waals surface area (Å²) in [4.78, 5) is 0. The van der Waals surface area contributed by atoms with E-state index < -0.39 is 0 Å². The first-order chi connectivity index (χ1) is 22.8. The lowest BCUT2D eigenvalue weighted by Gasteiger charge is -2.21. The van der Waals surface area contributed by atoms with Crippen LogP contribution in [-0.2, 0) is 0 Å². The molecular weight excluding hydrogens is 560 g/mol. The summed E-state index contributed by atoms with van der Waals surface area (Å²) in [6.07, 6.45) is 0. The van der Waals surface area contributed by atoms with Gasteiger partial charge >= 0.3 is 0 Å². The van der Waals surface area contributed by atoms with E-state index in [-0.39, 0.29) is 0 Å². The SMILES string of the molecule is c1ccc(-c2ccc(-c3ccc4oc5ccc6c(-c7ccc(-c8ccccc8)cc7)ccc7oc8ccc3c4c8-c5c76)cc2)cc1. The van der Waals surface area contributed by atoms with Crippen LogP contribution in [0.2, 0.25) is 0 Å². The van der Waals surface area contributed by atoms with Gasteiger partial charge in [0.1, 0.15) is 22.3 Å². The topological polar surface area (TPSA) is 26.3 Å². The molecule has 0 bridgehead atoms. The second kappa shape index (κ2) is 9.69. The van der Waals surface area contributed by atoms with Gasteiger partial charge in [-0.25, -0.2) is 0 Å². The number of rotatable bonds is 4. The van der Waals surface area contributed by atoms with Crippen LogP contribution in [0, 0.1) is 0 Å². The van der Waals surface area contributed by atoms with E-state index in [9.17, 15) is 0 Å². The summed E-state index contributed by atoms with van der Waals surface area (Å²) >= 11 is 0. The first-order valence-electron chi connectivity index (χ1n) is 15.7. The predicted molar refractivity (Wildman–Crippen MR) is 191 cm³/mol. The lowest BCUT2D eigenvalue weighted by atomic mass is 9.86. The van der Waals surface area contributed by atoms with E-state index in [2.05, 4.69) is 158 Å². The molecule has 0 N–H and O–H groups in total. The molecule has 214 valence electrons. The fourth-order valence-electron chi connectivity index (χ4n) is 7.31. The molecule has 0 saturated carbocycles. The Labute approximate surface area is 265 Å². The molecule has 0 amide bonds. The Bertz CT molecular complexity index is 2450. The summed E-state index contributed by atoms with van der Waals surface area (Å²) in [5.41, 5.74) is 15.3. The first-order valence-corrected chi connectivity index (χ1v) is 15.7. The molecule has 0 fully saturated rings. The van der Waals surface area contributed by atoms with Crippen LogP contribution in [0.25, 0.3) is 99.5 Å². The second-order valence-electron chi connectivity index (χ2n) is 12.0. The molecule has 46 heavy (non-hydrogen) atoms. The molecule has 0 radical (unpaired) electrons. The van der Waals surface area contributed by atoms with Crippen molar-refractivity contribution in [2.45, 2.75) is 0 Å². The minimum absolute atomic E-state index is 0.864. The van der Waals surface area contributed by atoms with Crippen LogP contribution in [-0.4, -0.2) is 0 Å². The van der Waals surface area contributed by atoms with Crippen LogP contribution in [0.4, 0.5) is 0 Å². The second-order valence-corrected chi connectivity index (χ2v) is 12.0. The molecule has 2 aliphatic rings. The maximum absolute atomic E-state index is 6.66. The van der Waals surface area contributed by atoms with E-state index >= 15 is 0 Å². The third kappa shape index (κ3) is 3.71. The van der Waals surface area contributed by atoms with Crippen LogP contribution in [0.15, 0.2) is 167 Å². The van der Waals surface area contributed by atoms with Gasteiger partial charge in [-0.2, -0.15) is 0 Å². The van der Waals surface area contributed by atoms with Crippen LogP contribution >= 0.6 is 0 Å². The van der Waals surface area contributed by atoms with Gasteiger partial charge in [-0.15, -0.1) is 0 Å². The molecule has 2 nitrogen and oxygen atoms in total. The highest BCUT2D eigenvalue weighted by atomic mass is 16.3. The molecule has 0 saturated heterocycles. The fourth-order valence-corrected chi connectivity index (χ4v) is 7.31. The van der Waals surface area contributed by atoms with Crippen molar-refractivity contribution in [3.8, 4) is 55.6 Å². The first kappa shape index (κ1) is 25.2. The minimum Gasteiger partial charge on any atom is -0.456 e. The molecular formula is C44H26O2. The van der Waals surface area contributed by atoms with Gasteiger partial charge in [0.25, 0.3) is 0 Å². The van der Waals surface area contributed by atoms with Gasteiger partial charge in [0.05, 0.1) is 0 Å². The average Bonchev–Trinajstić information content (AvgIpc) is 3.13. The van der Waals surface area contributed by atoms with Crippen LogP contribution in [0.3, 0.4) is 0 Å². The largest absolute Gasteiger partial charge is 0.456 e. The van der Waals surface area contributed by atoms with Crippen molar-refractivity contribution in [1.82, 2.24) is 0 Å². The molecule has 0 spiro atoms. The maximum Gasteiger partial charge on any atom is 0.136 e. The Balaban J connectivity index is 1.15. The maximum atomic E-state index is 6.66. The lowest BCUT2D eigenvalue weighted by Crippen LogP contribution is -1.96. The van der Waals surface area contributed by atoms with Crippen molar-refractivity contribution in [2.24, 2.45) is 0 Å². The van der Waals surface area contributed by atoms with Gasteiger partial charge < -0.3 is 8.83 Å². The molecule has 2 aliphatic heterocycles. The molecule has 2 heteroatoms. The third-order valence-electron chi connectivity index (χ3n) is 9.51. The molecule has 0 aromatic heterocycles. The van der Waals surface area contributed by atoms with Crippen LogP contribution in [0.1, 0.15) is 0 Å². The van der Waals surface area contributed by atoms with E-state index in [0.717, 1.165) is 55.0 Å². The fraction of sp³-hybridized carbons (Fsp3) is 0. The summed E-state index contributed by atoms with van der Waals surface area (Å²) < 4.78 is 13.3. The van der Waals surface area contributed by atoms with Gasteiger partial charge in [-0.3, -0.25) is 0 Å². The highest BCUT2D eigenvalue weighted by Crippen LogP contribution is 2.50. The third-order valence-corrected chi connectivity index (χ3v) is 9.51. The van der Waals surface area contributed by atoms with Crippen molar-refractivity contribution in [2.75, 3.05) is 0 Å². The Kier molecular flexibility index (Phi) is 5.31. The molecule has 8 aromatic rings. The molecule has 0 atom stereocenters. The van der Waals surface area contributed by atoms with Gasteiger partial charge in [-0.05, 0) is 91.7 Å². The van der Waals surface area contributed by atoms with Crippen LogP contribution in [0.5, 0.6) is 0 Å². The summed E-state index contributed by atoms with van der Waals surface area (Å²) in [6.45, 7) is 0. The van der Waals surface area contributed by atoms with E-state index in [0.29, 0.717) is 0 Å². The predicted octanol–water partition coefficient (Wildman–Crippen LogP) is 12.7. The highest BCUT2D eigenvalue weighted by molar-refractivity contribution is 6.26. The van der Waals surface area contributed by atoms with Crippen molar-refractivity contribution in [3.63, 3.8) is 0 Å². The lowest BCUT2D eigenvalue weighted by molar-refractivity contribution is 0.646. The van der Waals surface area contributed by atoms with Crippen molar-refractivity contribution >= 4 is 43.9 Å². The standard InChI is InChI=1S/C44H26O2/c1-3-7-27(8-4-1)29-11-15-31(16-12-29)33-19-23-37-41-35(33)21-25-39-43(41)44-40(45-37)26-22-36-34(20-24-38(46-39)42(36)44)32-17-13-30(14-18-32)28-9-5-2-6-10-28/h1-26H. The van der Waals surface area contributed by atoms with Gasteiger partial charge in [0.2, 0.25) is 0 Å². The molecule has 0 aliphatic carbocycles. The summed E-state index contributed by atoms with van der Waals surface area (Å²) in [5.74, 6) is 0. The zero-order valence-corrected chi connectivity index (χ0v) is 24.8. The van der Waals surface area contributed by atoms with Crippen molar-refractivity contribution < 1.29 is 8.83 Å². The summed E-state index contributed by atoms with van der Waals surface area (Å²) in [5, 5.41) is 4.52. The number of benzene rings is 8. The van der Waals surface area contributed by atoms with Crippen LogP contribution < -0.4 is 0 Å². The van der Waals surface area contributed by atoms with Crippen molar-refractivity contribution in [3.05, 3.63) is 158 Å². The average molecular weight is 587 g/mol. The monoisotopic (exact) mass is 586 g/mol. The van der Waals surface area contributed by atoms with Crippen molar-refractivity contribution in [1.29, 1.82) is 0 Å². The van der Waals surface area contributed by atoms with E-state index in [1.54, 1.807) is 0 Å². The number of hydrogen-bond acceptors (Lipinski definition) is 2. The molecule has 10 rings (SSSR count). The summed E-state index contributed by atoms with van der Waals surface area (Å²) in [7, 11) is 0. The zero-order valence-electron chi connectivity index (χ0n) is 24.8. The van der Waals surface area contributed by atoms with Gasteiger partial charge in [0, 0.05) is 21.9 Å². The number of hydrogen-bond donors (Lipinski definition) is 0. The normalized spacial score (nSPS) is 11.9. The van der Waals surface area contributed by atoms with E-state index in [1.165, 1.54) is 44.5 Å². The smallest absolute Gasteiger partial charge is 0.136 e. The Morgan fingerprint density at radius 2 is 0.609 bits per heavy atom. The van der Waals surface area contributed by atoms with E-state index in [1.807, 2.05) is 0 Å². The van der Waals surface area contributed by atoms with E-state index in [4.69, 9.17) is 8.83 Å². The highest BCUT2D eigenvalue weighted by Gasteiger charge is 2.26. The quantitative estimate of drug-likeness (QED) is 0.151. The molecule has 0 unspecified atom stereocenters.